The number of carbonyl (C=O) groups excluding carboxylic acids is 2. The van der Waals surface area contributed by atoms with Crippen molar-refractivity contribution in [1.29, 1.82) is 0 Å². The van der Waals surface area contributed by atoms with Crippen molar-refractivity contribution in [3.63, 3.8) is 0 Å². The first kappa shape index (κ1) is 73.1. The van der Waals surface area contributed by atoms with Crippen LogP contribution in [0.4, 0.5) is 0 Å². The Morgan fingerprint density at radius 2 is 0.667 bits per heavy atom. The number of unbranched alkanes of at least 4 members (excludes halogenated alkanes) is 46. The number of esters is 1. The highest BCUT2D eigenvalue weighted by Crippen LogP contribution is 2.18. The van der Waals surface area contributed by atoms with Gasteiger partial charge in [0.1, 0.15) is 0 Å². The molecule has 0 saturated carbocycles. The third-order valence-electron chi connectivity index (χ3n) is 15.7. The second-order valence-corrected chi connectivity index (χ2v) is 23.1. The minimum Gasteiger partial charge on any atom is -0.466 e. The molecule has 0 bridgehead atoms. The fourth-order valence-corrected chi connectivity index (χ4v) is 10.5. The summed E-state index contributed by atoms with van der Waals surface area (Å²) in [6.07, 6.45) is 81.8. The van der Waals surface area contributed by atoms with Gasteiger partial charge in [-0.2, -0.15) is 0 Å². The molecule has 0 rings (SSSR count). The Bertz CT molecular complexity index is 1210. The number of amides is 1. The van der Waals surface area contributed by atoms with Crippen LogP contribution in [0.1, 0.15) is 367 Å². The molecule has 6 nitrogen and oxygen atoms in total. The average Bonchev–Trinajstić information content (AvgIpc) is 3.41. The van der Waals surface area contributed by atoms with E-state index in [1.807, 2.05) is 0 Å². The molecule has 75 heavy (non-hydrogen) atoms. The Kier molecular flexibility index (Phi) is 63.0. The molecule has 0 fully saturated rings. The Morgan fingerprint density at radius 1 is 0.373 bits per heavy atom. The Hall–Kier alpha value is -1.92. The van der Waals surface area contributed by atoms with Crippen molar-refractivity contribution in [2.45, 2.75) is 379 Å². The third kappa shape index (κ3) is 61.2. The second-order valence-electron chi connectivity index (χ2n) is 23.1. The minimum atomic E-state index is -0.664. The van der Waals surface area contributed by atoms with E-state index in [0.29, 0.717) is 25.9 Å². The van der Waals surface area contributed by atoms with E-state index < -0.39 is 12.1 Å². The van der Waals surface area contributed by atoms with E-state index in [1.165, 1.54) is 283 Å². The highest BCUT2D eigenvalue weighted by molar-refractivity contribution is 5.76. The zero-order chi connectivity index (χ0) is 54.3. The molecule has 1 amide bonds. The molecule has 0 aliphatic carbocycles. The quantitative estimate of drug-likeness (QED) is 0.0320. The molecule has 0 heterocycles. The first-order chi connectivity index (χ1) is 37.0. The van der Waals surface area contributed by atoms with E-state index in [-0.39, 0.29) is 18.5 Å². The molecule has 0 aromatic heterocycles. The van der Waals surface area contributed by atoms with Gasteiger partial charge in [0, 0.05) is 12.8 Å². The lowest BCUT2D eigenvalue weighted by Crippen LogP contribution is -2.45. The van der Waals surface area contributed by atoms with Crippen molar-refractivity contribution in [2.24, 2.45) is 0 Å². The number of ether oxygens (including phenoxy) is 1. The van der Waals surface area contributed by atoms with Gasteiger partial charge in [0.05, 0.1) is 25.4 Å². The smallest absolute Gasteiger partial charge is 0.305 e. The Balaban J connectivity index is 3.39. The summed E-state index contributed by atoms with van der Waals surface area (Å²) < 4.78 is 5.47. The van der Waals surface area contributed by atoms with Gasteiger partial charge in [0.15, 0.2) is 0 Å². The van der Waals surface area contributed by atoms with E-state index in [0.717, 1.165) is 51.4 Å². The summed E-state index contributed by atoms with van der Waals surface area (Å²) in [5.41, 5.74) is 0. The van der Waals surface area contributed by atoms with Crippen LogP contribution >= 0.6 is 0 Å². The third-order valence-corrected chi connectivity index (χ3v) is 15.7. The molecule has 0 saturated heterocycles. The number of carbonyl (C=O) groups is 2. The van der Waals surface area contributed by atoms with Crippen molar-refractivity contribution in [3.05, 3.63) is 36.5 Å². The summed E-state index contributed by atoms with van der Waals surface area (Å²) in [7, 11) is 0. The first-order valence-electron chi connectivity index (χ1n) is 33.7. The molecule has 0 aromatic carbocycles. The number of hydrogen-bond donors (Lipinski definition) is 3. The average molecular weight is 1050 g/mol. The molecular weight excluding hydrogens is 923 g/mol. The summed E-state index contributed by atoms with van der Waals surface area (Å²) in [4.78, 5) is 24.5. The van der Waals surface area contributed by atoms with Gasteiger partial charge < -0.3 is 20.3 Å². The molecule has 0 radical (unpaired) electrons. The SMILES string of the molecule is CCCCC/C=C\CCCCCCCC(=O)OCCCCCCCCCCC/C=C\C/C=C\CCCCCCCCCCCCCCCCCC(=O)NC(CO)C(O)CCCCCCCCCCCCCCCCC. The molecule has 0 aliphatic rings. The number of aliphatic hydroxyl groups is 2. The van der Waals surface area contributed by atoms with Gasteiger partial charge in [0.25, 0.3) is 0 Å². The molecule has 3 N–H and O–H groups in total. The lowest BCUT2D eigenvalue weighted by atomic mass is 10.0. The highest BCUT2D eigenvalue weighted by Gasteiger charge is 2.20. The maximum absolute atomic E-state index is 12.5. The Labute approximate surface area is 468 Å². The fourth-order valence-electron chi connectivity index (χ4n) is 10.5. The predicted octanol–water partition coefficient (Wildman–Crippen LogP) is 21.5. The predicted molar refractivity (Wildman–Crippen MR) is 329 cm³/mol. The normalized spacial score (nSPS) is 12.7. The van der Waals surface area contributed by atoms with Crippen molar-refractivity contribution >= 4 is 11.9 Å². The molecule has 442 valence electrons. The van der Waals surface area contributed by atoms with Crippen molar-refractivity contribution < 1.29 is 24.5 Å². The van der Waals surface area contributed by atoms with Gasteiger partial charge in [-0.1, -0.05) is 307 Å². The van der Waals surface area contributed by atoms with Gasteiger partial charge in [-0.05, 0) is 83.5 Å². The summed E-state index contributed by atoms with van der Waals surface area (Å²) in [5, 5.41) is 23.3. The molecule has 2 unspecified atom stereocenters. The van der Waals surface area contributed by atoms with Crippen LogP contribution in [0.25, 0.3) is 0 Å². The summed E-state index contributed by atoms with van der Waals surface area (Å²) in [6.45, 7) is 4.94. The van der Waals surface area contributed by atoms with Crippen molar-refractivity contribution in [2.75, 3.05) is 13.2 Å². The number of hydrogen-bond acceptors (Lipinski definition) is 5. The van der Waals surface area contributed by atoms with Gasteiger partial charge in [0.2, 0.25) is 5.91 Å². The van der Waals surface area contributed by atoms with Crippen LogP contribution in [0.15, 0.2) is 36.5 Å². The van der Waals surface area contributed by atoms with Gasteiger partial charge in [-0.25, -0.2) is 0 Å². The molecule has 6 heteroatoms. The second kappa shape index (κ2) is 64.6. The number of allylic oxidation sites excluding steroid dienone is 6. The standard InChI is InChI=1S/C69H131NO5/c1-3-5-7-9-11-13-15-17-35-38-41-45-49-53-57-61-67(72)66(65-71)70-68(73)62-58-54-50-46-42-39-36-33-31-29-27-25-23-21-19-18-20-22-24-26-28-30-32-34-37-40-44-48-52-56-60-64-75-69(74)63-59-55-51-47-43-16-14-12-10-8-6-4-2/h12,14,20,22,26,28,66-67,71-72H,3-11,13,15-19,21,23-25,27,29-65H2,1-2H3,(H,70,73)/b14-12-,22-20-,28-26-. The van der Waals surface area contributed by atoms with Gasteiger partial charge >= 0.3 is 5.97 Å². The maximum atomic E-state index is 12.5. The monoisotopic (exact) mass is 1050 g/mol. The van der Waals surface area contributed by atoms with Gasteiger partial charge in [-0.3, -0.25) is 9.59 Å². The fraction of sp³-hybridized carbons (Fsp3) is 0.884. The first-order valence-corrected chi connectivity index (χ1v) is 33.7. The van der Waals surface area contributed by atoms with E-state index in [4.69, 9.17) is 4.74 Å². The van der Waals surface area contributed by atoms with Crippen LogP contribution in [0.2, 0.25) is 0 Å². The van der Waals surface area contributed by atoms with Crippen LogP contribution < -0.4 is 5.32 Å². The topological polar surface area (TPSA) is 95.9 Å². The van der Waals surface area contributed by atoms with Crippen LogP contribution in [0.3, 0.4) is 0 Å². The van der Waals surface area contributed by atoms with Crippen LogP contribution in [0.5, 0.6) is 0 Å². The highest BCUT2D eigenvalue weighted by atomic mass is 16.5. The van der Waals surface area contributed by atoms with E-state index in [9.17, 15) is 19.8 Å². The molecule has 0 aromatic rings. The van der Waals surface area contributed by atoms with E-state index in [2.05, 4.69) is 55.6 Å². The van der Waals surface area contributed by atoms with E-state index in [1.54, 1.807) is 0 Å². The zero-order valence-corrected chi connectivity index (χ0v) is 50.5. The minimum absolute atomic E-state index is 0.00317. The van der Waals surface area contributed by atoms with Crippen molar-refractivity contribution in [1.82, 2.24) is 5.32 Å². The van der Waals surface area contributed by atoms with Crippen LogP contribution in [0, 0.1) is 0 Å². The summed E-state index contributed by atoms with van der Waals surface area (Å²) in [5.74, 6) is -0.0290. The molecule has 2 atom stereocenters. The van der Waals surface area contributed by atoms with E-state index >= 15 is 0 Å². The lowest BCUT2D eigenvalue weighted by molar-refractivity contribution is -0.143. The zero-order valence-electron chi connectivity index (χ0n) is 50.5. The number of aliphatic hydroxyl groups excluding tert-OH is 2. The molecule has 0 spiro atoms. The molecular formula is C69H131NO5. The number of nitrogens with one attached hydrogen (secondary N) is 1. The summed E-state index contributed by atoms with van der Waals surface area (Å²) >= 11 is 0. The maximum Gasteiger partial charge on any atom is 0.305 e. The van der Waals surface area contributed by atoms with Crippen LogP contribution in [-0.4, -0.2) is 47.4 Å². The Morgan fingerprint density at radius 3 is 1.05 bits per heavy atom. The lowest BCUT2D eigenvalue weighted by Gasteiger charge is -2.22. The number of rotatable bonds is 63. The van der Waals surface area contributed by atoms with Crippen LogP contribution in [-0.2, 0) is 14.3 Å². The largest absolute Gasteiger partial charge is 0.466 e. The van der Waals surface area contributed by atoms with Crippen molar-refractivity contribution in [3.8, 4) is 0 Å². The molecule has 0 aliphatic heterocycles. The summed E-state index contributed by atoms with van der Waals surface area (Å²) in [6, 6.07) is -0.541. The van der Waals surface area contributed by atoms with Gasteiger partial charge in [-0.15, -0.1) is 0 Å².